The molecule has 134 valence electrons. The van der Waals surface area contributed by atoms with Crippen LogP contribution < -0.4 is 10.6 Å². The number of halogens is 3. The van der Waals surface area contributed by atoms with Crippen molar-refractivity contribution in [3.63, 3.8) is 0 Å². The molecule has 0 saturated carbocycles. The Labute approximate surface area is 156 Å². The lowest BCUT2D eigenvalue weighted by atomic mass is 9.79. The van der Waals surface area contributed by atoms with Crippen LogP contribution in [0, 0.1) is 5.82 Å². The van der Waals surface area contributed by atoms with Gasteiger partial charge < -0.3 is 15.7 Å². The van der Waals surface area contributed by atoms with Crippen LogP contribution in [0.25, 0.3) is 0 Å². The summed E-state index contributed by atoms with van der Waals surface area (Å²) < 4.78 is 14.1. The Hall–Kier alpha value is -1.66. The summed E-state index contributed by atoms with van der Waals surface area (Å²) in [6.45, 7) is 0.980. The minimum Gasteiger partial charge on any atom is -0.389 e. The van der Waals surface area contributed by atoms with Gasteiger partial charge in [0.25, 0.3) is 5.91 Å². The van der Waals surface area contributed by atoms with Gasteiger partial charge in [-0.2, -0.15) is 0 Å². The van der Waals surface area contributed by atoms with E-state index in [4.69, 9.17) is 11.6 Å². The highest BCUT2D eigenvalue weighted by Crippen LogP contribution is 2.31. The molecule has 0 radical (unpaired) electrons. The molecule has 0 bridgehead atoms. The molecule has 1 heterocycles. The number of nitrogens with one attached hydrogen (secondary N) is 2. The Bertz CT molecular complexity index is 745. The number of amides is 1. The molecule has 3 rings (SSSR count). The number of aliphatic hydroxyl groups is 1. The van der Waals surface area contributed by atoms with Gasteiger partial charge >= 0.3 is 0 Å². The van der Waals surface area contributed by atoms with Gasteiger partial charge in [-0.3, -0.25) is 4.79 Å². The molecule has 1 aliphatic heterocycles. The first-order valence-corrected chi connectivity index (χ1v) is 8.12. The van der Waals surface area contributed by atoms with Crippen molar-refractivity contribution >= 4 is 29.9 Å². The Morgan fingerprint density at radius 1 is 1.28 bits per heavy atom. The molecule has 4 nitrogen and oxygen atoms in total. The third-order valence-corrected chi connectivity index (χ3v) is 4.64. The molecule has 2 atom stereocenters. The van der Waals surface area contributed by atoms with E-state index >= 15 is 0 Å². The summed E-state index contributed by atoms with van der Waals surface area (Å²) in [6.07, 6.45) is -0.327. The lowest BCUT2D eigenvalue weighted by Crippen LogP contribution is -2.61. The van der Waals surface area contributed by atoms with Crippen molar-refractivity contribution in [2.75, 3.05) is 13.1 Å². The highest BCUT2D eigenvalue weighted by atomic mass is 35.5. The normalized spacial score (nSPS) is 22.8. The van der Waals surface area contributed by atoms with Gasteiger partial charge in [-0.25, -0.2) is 4.39 Å². The highest BCUT2D eigenvalue weighted by molar-refractivity contribution is 6.30. The van der Waals surface area contributed by atoms with Crippen LogP contribution in [0.1, 0.15) is 22.3 Å². The second-order valence-electron chi connectivity index (χ2n) is 5.89. The van der Waals surface area contributed by atoms with Crippen LogP contribution in [-0.2, 0) is 5.54 Å². The molecule has 1 aliphatic rings. The van der Waals surface area contributed by atoms with Crippen LogP contribution >= 0.6 is 24.0 Å². The zero-order chi connectivity index (χ0) is 17.2. The van der Waals surface area contributed by atoms with Gasteiger partial charge in [0.15, 0.2) is 0 Å². The van der Waals surface area contributed by atoms with Crippen LogP contribution in [-0.4, -0.2) is 30.2 Å². The largest absolute Gasteiger partial charge is 0.389 e. The monoisotopic (exact) mass is 384 g/mol. The quantitative estimate of drug-likeness (QED) is 0.762. The molecular weight excluding hydrogens is 366 g/mol. The third kappa shape index (κ3) is 3.96. The average molecular weight is 385 g/mol. The zero-order valence-corrected chi connectivity index (χ0v) is 14.9. The van der Waals surface area contributed by atoms with Crippen molar-refractivity contribution in [3.05, 3.63) is 70.5 Å². The molecule has 1 saturated heterocycles. The first kappa shape index (κ1) is 19.7. The number of hydrogen-bond acceptors (Lipinski definition) is 3. The number of rotatable bonds is 3. The maximum atomic E-state index is 14.1. The van der Waals surface area contributed by atoms with Crippen molar-refractivity contribution < 1.29 is 14.3 Å². The molecule has 25 heavy (non-hydrogen) atoms. The summed E-state index contributed by atoms with van der Waals surface area (Å²) in [6, 6.07) is 13.2. The summed E-state index contributed by atoms with van der Waals surface area (Å²) in [5, 5.41) is 16.8. The third-order valence-electron chi connectivity index (χ3n) is 4.40. The zero-order valence-electron chi connectivity index (χ0n) is 13.3. The Kier molecular flexibility index (Phi) is 6.41. The number of carbonyl (C=O) groups excluding carboxylic acids is 1. The first-order valence-electron chi connectivity index (χ1n) is 7.75. The van der Waals surface area contributed by atoms with Crippen LogP contribution in [0.2, 0.25) is 5.02 Å². The van der Waals surface area contributed by atoms with E-state index in [0.717, 1.165) is 11.6 Å². The van der Waals surface area contributed by atoms with Gasteiger partial charge in [-0.1, -0.05) is 41.9 Å². The van der Waals surface area contributed by atoms with E-state index in [1.54, 1.807) is 0 Å². The first-order chi connectivity index (χ1) is 11.5. The molecule has 2 aromatic carbocycles. The lowest BCUT2D eigenvalue weighted by molar-refractivity contribution is 0.0288. The number of β-amino-alcohol motifs (C(OH)–C–C–N with tert-alkyl or cyclic N) is 1. The van der Waals surface area contributed by atoms with Crippen molar-refractivity contribution in [3.8, 4) is 0 Å². The summed E-state index contributed by atoms with van der Waals surface area (Å²) in [7, 11) is 0. The molecule has 0 spiro atoms. The van der Waals surface area contributed by atoms with Crippen LogP contribution in [0.15, 0.2) is 48.5 Å². The number of carbonyl (C=O) groups is 1. The summed E-state index contributed by atoms with van der Waals surface area (Å²) >= 11 is 5.74. The van der Waals surface area contributed by atoms with Gasteiger partial charge in [0.05, 0.1) is 17.2 Å². The number of hydrogen-bond donors (Lipinski definition) is 3. The molecule has 1 amide bonds. The predicted molar refractivity (Wildman–Crippen MR) is 97.7 cm³/mol. The van der Waals surface area contributed by atoms with E-state index in [9.17, 15) is 14.3 Å². The Morgan fingerprint density at radius 3 is 2.64 bits per heavy atom. The van der Waals surface area contributed by atoms with E-state index in [1.807, 2.05) is 30.3 Å². The average Bonchev–Trinajstić information content (AvgIpc) is 2.57. The maximum absolute atomic E-state index is 14.1. The van der Waals surface area contributed by atoms with Crippen LogP contribution in [0.5, 0.6) is 0 Å². The molecule has 2 aromatic rings. The van der Waals surface area contributed by atoms with E-state index in [2.05, 4.69) is 10.6 Å². The number of aliphatic hydroxyl groups excluding tert-OH is 1. The standard InChI is InChI=1S/C18H18ClFN2O2.ClH/c19-13-6-7-14(15(20)10-13)17(24)22-18(8-9-21-11-16(18)23)12-4-2-1-3-5-12;/h1-7,10,16,21,23H,8-9,11H2,(H,22,24);1H/t16-,18+;/m1./s1. The van der Waals surface area contributed by atoms with Gasteiger partial charge in [0, 0.05) is 11.6 Å². The minimum atomic E-state index is -0.963. The summed E-state index contributed by atoms with van der Waals surface area (Å²) in [5.41, 5.74) is -0.266. The predicted octanol–water partition coefficient (Wildman–Crippen LogP) is 2.88. The van der Waals surface area contributed by atoms with Crippen molar-refractivity contribution in [2.24, 2.45) is 0 Å². The number of benzene rings is 2. The Balaban J connectivity index is 0.00000225. The van der Waals surface area contributed by atoms with Gasteiger partial charge in [0.1, 0.15) is 5.82 Å². The Morgan fingerprint density at radius 2 is 2.00 bits per heavy atom. The van der Waals surface area contributed by atoms with Gasteiger partial charge in [-0.15, -0.1) is 12.4 Å². The van der Waals surface area contributed by atoms with Crippen LogP contribution in [0.3, 0.4) is 0 Å². The smallest absolute Gasteiger partial charge is 0.255 e. The van der Waals surface area contributed by atoms with Gasteiger partial charge in [-0.05, 0) is 36.7 Å². The van der Waals surface area contributed by atoms with Gasteiger partial charge in [0.2, 0.25) is 0 Å². The minimum absolute atomic E-state index is 0. The van der Waals surface area contributed by atoms with E-state index in [-0.39, 0.29) is 23.0 Å². The van der Waals surface area contributed by atoms with Crippen LogP contribution in [0.4, 0.5) is 4.39 Å². The number of piperidine rings is 1. The second kappa shape index (κ2) is 8.15. The fourth-order valence-corrected chi connectivity index (χ4v) is 3.26. The van der Waals surface area contributed by atoms with E-state index < -0.39 is 23.4 Å². The molecule has 3 N–H and O–H groups in total. The summed E-state index contributed by atoms with van der Waals surface area (Å²) in [5.74, 6) is -1.26. The molecule has 7 heteroatoms. The van der Waals surface area contributed by atoms with Crippen molar-refractivity contribution in [1.29, 1.82) is 0 Å². The maximum Gasteiger partial charge on any atom is 0.255 e. The second-order valence-corrected chi connectivity index (χ2v) is 6.32. The SMILES string of the molecule is Cl.O=C(N[C@]1(c2ccccc2)CCNC[C@H]1O)c1ccc(Cl)cc1F. The lowest BCUT2D eigenvalue weighted by Gasteiger charge is -2.43. The topological polar surface area (TPSA) is 61.4 Å². The highest BCUT2D eigenvalue weighted by Gasteiger charge is 2.43. The van der Waals surface area contributed by atoms with E-state index in [0.29, 0.717) is 19.5 Å². The molecule has 0 aromatic heterocycles. The van der Waals surface area contributed by atoms with Crippen molar-refractivity contribution in [1.82, 2.24) is 10.6 Å². The molecular formula is C18H19Cl2FN2O2. The molecule has 0 unspecified atom stereocenters. The van der Waals surface area contributed by atoms with Crippen molar-refractivity contribution in [2.45, 2.75) is 18.1 Å². The molecule has 1 fully saturated rings. The van der Waals surface area contributed by atoms with E-state index in [1.165, 1.54) is 12.1 Å². The fourth-order valence-electron chi connectivity index (χ4n) is 3.10. The summed E-state index contributed by atoms with van der Waals surface area (Å²) in [4.78, 5) is 12.6. The molecule has 0 aliphatic carbocycles. The fraction of sp³-hybridized carbons (Fsp3) is 0.278.